The number of benzene rings is 3. The average molecular weight is 518 g/mol. The molecule has 5 aromatic rings. The molecule has 192 valence electrons. The highest BCUT2D eigenvalue weighted by Crippen LogP contribution is 2.31. The number of fused-ring (bicyclic) bond motifs is 2. The summed E-state index contributed by atoms with van der Waals surface area (Å²) in [6.07, 6.45) is -3.28. The lowest BCUT2D eigenvalue weighted by molar-refractivity contribution is -0.141. The normalized spacial score (nSPS) is 13.7. The monoisotopic (exact) mass is 517 g/mol. The maximum atomic E-state index is 13.3. The minimum Gasteiger partial charge on any atom is -0.491 e. The van der Waals surface area contributed by atoms with Crippen molar-refractivity contribution in [1.29, 1.82) is 0 Å². The van der Waals surface area contributed by atoms with Gasteiger partial charge in [0.1, 0.15) is 18.2 Å². The Morgan fingerprint density at radius 1 is 1.00 bits per heavy atom. The van der Waals surface area contributed by atoms with Crippen molar-refractivity contribution < 1.29 is 22.7 Å². The van der Waals surface area contributed by atoms with Gasteiger partial charge in [0.2, 0.25) is 0 Å². The summed E-state index contributed by atoms with van der Waals surface area (Å²) in [6, 6.07) is 19.3. The molecule has 0 aliphatic carbocycles. The number of halogens is 3. The van der Waals surface area contributed by atoms with E-state index >= 15 is 0 Å². The van der Waals surface area contributed by atoms with Crippen molar-refractivity contribution in [2.24, 2.45) is 0 Å². The first-order valence-electron chi connectivity index (χ1n) is 12.0. The van der Waals surface area contributed by atoms with Gasteiger partial charge in [-0.25, -0.2) is 9.67 Å². The van der Waals surface area contributed by atoms with Crippen LogP contribution in [0, 0.1) is 6.92 Å². The van der Waals surface area contributed by atoms with Crippen LogP contribution in [-0.4, -0.2) is 43.7 Å². The van der Waals surface area contributed by atoms with Gasteiger partial charge >= 0.3 is 6.18 Å². The summed E-state index contributed by atoms with van der Waals surface area (Å²) in [5.74, 6) is 1.39. The number of nitrogens with zero attached hydrogens (tertiary/aromatic N) is 4. The van der Waals surface area contributed by atoms with E-state index in [1.54, 1.807) is 29.2 Å². The summed E-state index contributed by atoms with van der Waals surface area (Å²) in [5.41, 5.74) is 4.65. The highest BCUT2D eigenvalue weighted by atomic mass is 19.4. The minimum atomic E-state index is -4.52. The molecule has 1 amide bonds. The van der Waals surface area contributed by atoms with Crippen molar-refractivity contribution in [3.05, 3.63) is 95.6 Å². The number of rotatable bonds is 3. The molecule has 0 spiro atoms. The number of carbonyl (C=O) groups is 1. The van der Waals surface area contributed by atoms with E-state index in [0.29, 0.717) is 30.9 Å². The first kappa shape index (κ1) is 23.8. The maximum absolute atomic E-state index is 13.3. The molecule has 1 aliphatic heterocycles. The van der Waals surface area contributed by atoms with Crippen molar-refractivity contribution in [2.45, 2.75) is 19.6 Å². The third kappa shape index (κ3) is 4.49. The Hall–Kier alpha value is -4.60. The molecular formula is C28H22F3N5O2. The Bertz CT molecular complexity index is 1650. The summed E-state index contributed by atoms with van der Waals surface area (Å²) in [7, 11) is 0. The fraction of sp³-hybridized carbons (Fsp3) is 0.179. The Morgan fingerprint density at radius 2 is 1.76 bits per heavy atom. The van der Waals surface area contributed by atoms with E-state index in [2.05, 4.69) is 21.1 Å². The molecule has 0 atom stereocenters. The van der Waals surface area contributed by atoms with Gasteiger partial charge in [-0.2, -0.15) is 18.3 Å². The second kappa shape index (κ2) is 9.05. The number of imidazole rings is 1. The van der Waals surface area contributed by atoms with E-state index in [-0.39, 0.29) is 5.91 Å². The van der Waals surface area contributed by atoms with Crippen LogP contribution in [0.15, 0.2) is 72.9 Å². The average Bonchev–Trinajstić information content (AvgIpc) is 3.49. The largest absolute Gasteiger partial charge is 0.491 e. The summed E-state index contributed by atoms with van der Waals surface area (Å²) in [5, 5.41) is 3.58. The van der Waals surface area contributed by atoms with Crippen LogP contribution in [0.4, 0.5) is 13.2 Å². The third-order valence-corrected chi connectivity index (χ3v) is 6.52. The van der Waals surface area contributed by atoms with Gasteiger partial charge in [0.15, 0.2) is 5.69 Å². The first-order chi connectivity index (χ1) is 18.2. The molecular weight excluding hydrogens is 495 g/mol. The van der Waals surface area contributed by atoms with E-state index in [9.17, 15) is 18.0 Å². The van der Waals surface area contributed by atoms with Gasteiger partial charge in [0, 0.05) is 23.9 Å². The molecule has 10 heteroatoms. The summed E-state index contributed by atoms with van der Waals surface area (Å²) >= 11 is 0. The zero-order chi connectivity index (χ0) is 26.4. The van der Waals surface area contributed by atoms with Crippen LogP contribution in [0.5, 0.6) is 5.75 Å². The number of carbonyl (C=O) groups excluding carboxylic acids is 1. The van der Waals surface area contributed by atoms with Crippen LogP contribution >= 0.6 is 0 Å². The molecule has 7 nitrogen and oxygen atoms in total. The molecule has 0 bridgehead atoms. The second-order valence-electron chi connectivity index (χ2n) is 9.14. The van der Waals surface area contributed by atoms with Crippen molar-refractivity contribution >= 4 is 16.9 Å². The number of nitrogens with one attached hydrogen (secondary N) is 1. The quantitative estimate of drug-likeness (QED) is 0.329. The lowest BCUT2D eigenvalue weighted by Gasteiger charge is -2.20. The lowest BCUT2D eigenvalue weighted by Crippen LogP contribution is -2.32. The zero-order valence-corrected chi connectivity index (χ0v) is 20.3. The highest BCUT2D eigenvalue weighted by molar-refractivity contribution is 5.94. The van der Waals surface area contributed by atoms with Crippen LogP contribution in [0.2, 0.25) is 0 Å². The molecule has 38 heavy (non-hydrogen) atoms. The van der Waals surface area contributed by atoms with Gasteiger partial charge in [-0.05, 0) is 72.6 Å². The Morgan fingerprint density at radius 3 is 2.53 bits per heavy atom. The Balaban J connectivity index is 1.23. The molecule has 0 fully saturated rings. The van der Waals surface area contributed by atoms with Crippen molar-refractivity contribution in [1.82, 2.24) is 24.6 Å². The molecule has 0 unspecified atom stereocenters. The fourth-order valence-corrected chi connectivity index (χ4v) is 4.62. The molecule has 6 rings (SSSR count). The van der Waals surface area contributed by atoms with Crippen LogP contribution < -0.4 is 4.74 Å². The number of aryl methyl sites for hydroxylation is 1. The van der Waals surface area contributed by atoms with Crippen LogP contribution in [0.1, 0.15) is 27.4 Å². The third-order valence-electron chi connectivity index (χ3n) is 6.52. The molecule has 0 radical (unpaired) electrons. The minimum absolute atomic E-state index is 0.191. The molecule has 3 heterocycles. The van der Waals surface area contributed by atoms with E-state index in [1.165, 1.54) is 6.20 Å². The molecule has 3 aromatic carbocycles. The van der Waals surface area contributed by atoms with Gasteiger partial charge in [-0.3, -0.25) is 4.79 Å². The number of amides is 1. The Labute approximate surface area is 215 Å². The number of hydrogen-bond donors (Lipinski definition) is 1. The Kier molecular flexibility index (Phi) is 5.67. The van der Waals surface area contributed by atoms with Crippen LogP contribution in [-0.2, 0) is 12.7 Å². The van der Waals surface area contributed by atoms with E-state index < -0.39 is 11.9 Å². The lowest BCUT2D eigenvalue weighted by atomic mass is 10.0. The number of ether oxygens (including phenoxy) is 1. The van der Waals surface area contributed by atoms with Gasteiger partial charge in [-0.1, -0.05) is 12.1 Å². The summed E-state index contributed by atoms with van der Waals surface area (Å²) < 4.78 is 45.7. The maximum Gasteiger partial charge on any atom is 0.435 e. The van der Waals surface area contributed by atoms with E-state index in [0.717, 1.165) is 50.0 Å². The molecule has 1 aliphatic rings. The number of hydrogen-bond acceptors (Lipinski definition) is 4. The highest BCUT2D eigenvalue weighted by Gasteiger charge is 2.33. The summed E-state index contributed by atoms with van der Waals surface area (Å²) in [4.78, 5) is 22.8. The predicted molar refractivity (Wildman–Crippen MR) is 135 cm³/mol. The van der Waals surface area contributed by atoms with Gasteiger partial charge in [-0.15, -0.1) is 0 Å². The standard InChI is InChI=1S/C28H22F3N5O2/c1-17-32-23-8-4-20(15-24(23)33-17)19-5-9-25-21(14-19)16-35(12-13-38-25)27(37)18-2-6-22(7-3-18)36-11-10-26(34-36)28(29,30)31/h2-11,14-15H,12-13,16H2,1H3,(H,32,33). The van der Waals surface area contributed by atoms with Crippen LogP contribution in [0.3, 0.4) is 0 Å². The van der Waals surface area contributed by atoms with Crippen molar-refractivity contribution in [2.75, 3.05) is 13.2 Å². The van der Waals surface area contributed by atoms with Crippen molar-refractivity contribution in [3.8, 4) is 22.6 Å². The predicted octanol–water partition coefficient (Wildman–Crippen LogP) is 5.78. The second-order valence-corrected chi connectivity index (χ2v) is 9.14. The molecule has 1 N–H and O–H groups in total. The van der Waals surface area contributed by atoms with Gasteiger partial charge in [0.05, 0.1) is 23.3 Å². The molecule has 0 saturated heterocycles. The smallest absolute Gasteiger partial charge is 0.435 e. The van der Waals surface area contributed by atoms with E-state index in [4.69, 9.17) is 4.74 Å². The topological polar surface area (TPSA) is 76.0 Å². The summed E-state index contributed by atoms with van der Waals surface area (Å²) in [6.45, 7) is 3.03. The number of aromatic amines is 1. The number of H-pyrrole nitrogens is 1. The van der Waals surface area contributed by atoms with E-state index in [1.807, 2.05) is 37.3 Å². The molecule has 2 aromatic heterocycles. The number of alkyl halides is 3. The van der Waals surface area contributed by atoms with Crippen LogP contribution in [0.25, 0.3) is 27.8 Å². The SMILES string of the molecule is Cc1nc2ccc(-c3ccc4c(c3)CN(C(=O)c3ccc(-n5ccc(C(F)(F)F)n5)cc3)CCO4)cc2[nH]1. The zero-order valence-electron chi connectivity index (χ0n) is 20.3. The molecule has 0 saturated carbocycles. The van der Waals surface area contributed by atoms with Crippen molar-refractivity contribution in [3.63, 3.8) is 0 Å². The van der Waals surface area contributed by atoms with Gasteiger partial charge < -0.3 is 14.6 Å². The fourth-order valence-electron chi connectivity index (χ4n) is 4.62. The number of aromatic nitrogens is 4. The first-order valence-corrected chi connectivity index (χ1v) is 12.0. The van der Waals surface area contributed by atoms with Gasteiger partial charge in [0.25, 0.3) is 5.91 Å².